The van der Waals surface area contributed by atoms with Crippen LogP contribution in [-0.4, -0.2) is 50.3 Å². The molecule has 2 N–H and O–H groups in total. The highest BCUT2D eigenvalue weighted by molar-refractivity contribution is 5.73. The Labute approximate surface area is 98.5 Å². The van der Waals surface area contributed by atoms with E-state index in [2.05, 4.69) is 5.32 Å². The molecule has 0 aromatic rings. The highest BCUT2D eigenvalue weighted by Crippen LogP contribution is 2.13. The van der Waals surface area contributed by atoms with Crippen molar-refractivity contribution in [1.29, 1.82) is 0 Å². The van der Waals surface area contributed by atoms with Crippen LogP contribution in [-0.2, 0) is 0 Å². The van der Waals surface area contributed by atoms with Crippen LogP contribution in [0.1, 0.15) is 12.8 Å². The second-order valence-electron chi connectivity index (χ2n) is 4.37. The van der Waals surface area contributed by atoms with E-state index in [9.17, 15) is 18.0 Å². The van der Waals surface area contributed by atoms with Crippen LogP contribution >= 0.6 is 0 Å². The van der Waals surface area contributed by atoms with Gasteiger partial charge in [0.05, 0.1) is 0 Å². The Balaban J connectivity index is 2.26. The van der Waals surface area contributed by atoms with E-state index in [0.29, 0.717) is 12.5 Å². The molecule has 100 valence electrons. The molecule has 0 radical (unpaired) electrons. The Morgan fingerprint density at radius 2 is 2.24 bits per heavy atom. The van der Waals surface area contributed by atoms with Crippen molar-refractivity contribution >= 4 is 6.03 Å². The lowest BCUT2D eigenvalue weighted by molar-refractivity contribution is -0.123. The van der Waals surface area contributed by atoms with Gasteiger partial charge in [-0.1, -0.05) is 0 Å². The van der Waals surface area contributed by atoms with Gasteiger partial charge in [-0.2, -0.15) is 13.2 Å². The Bertz CT molecular complexity index is 252. The first-order valence-corrected chi connectivity index (χ1v) is 5.65. The maximum atomic E-state index is 11.9. The van der Waals surface area contributed by atoms with Gasteiger partial charge in [-0.05, 0) is 31.8 Å². The Hall–Kier alpha value is -0.980. The lowest BCUT2D eigenvalue weighted by Crippen LogP contribution is -2.45. The molecule has 1 aliphatic rings. The maximum absolute atomic E-state index is 11.9. The number of carbonyl (C=O) groups is 1. The van der Waals surface area contributed by atoms with Crippen LogP contribution in [0.15, 0.2) is 0 Å². The van der Waals surface area contributed by atoms with Crippen LogP contribution in [0.5, 0.6) is 0 Å². The molecule has 1 fully saturated rings. The van der Waals surface area contributed by atoms with Gasteiger partial charge in [0.15, 0.2) is 0 Å². The smallest absolute Gasteiger partial charge is 0.329 e. The minimum absolute atomic E-state index is 0.324. The summed E-state index contributed by atoms with van der Waals surface area (Å²) >= 11 is 0. The Morgan fingerprint density at radius 3 is 2.76 bits per heavy atom. The maximum Gasteiger partial charge on any atom is 0.405 e. The van der Waals surface area contributed by atoms with Gasteiger partial charge in [0.2, 0.25) is 0 Å². The third-order valence-corrected chi connectivity index (χ3v) is 2.72. The lowest BCUT2D eigenvalue weighted by atomic mass is 9.99. The Kier molecular flexibility index (Phi) is 5.04. The summed E-state index contributed by atoms with van der Waals surface area (Å²) < 4.78 is 35.7. The molecule has 0 saturated carbocycles. The van der Waals surface area contributed by atoms with Gasteiger partial charge in [-0.15, -0.1) is 0 Å². The number of hydrogen-bond acceptors (Lipinski definition) is 2. The van der Waals surface area contributed by atoms with Gasteiger partial charge in [0.1, 0.15) is 6.54 Å². The monoisotopic (exact) mass is 253 g/mol. The normalized spacial score (nSPS) is 21.1. The van der Waals surface area contributed by atoms with Crippen molar-refractivity contribution in [2.75, 3.05) is 33.2 Å². The molecule has 1 saturated heterocycles. The lowest BCUT2D eigenvalue weighted by Gasteiger charge is -2.27. The van der Waals surface area contributed by atoms with Gasteiger partial charge in [0, 0.05) is 13.6 Å². The molecule has 1 atom stereocenters. The van der Waals surface area contributed by atoms with Crippen LogP contribution < -0.4 is 10.6 Å². The van der Waals surface area contributed by atoms with Crippen molar-refractivity contribution in [2.24, 2.45) is 5.92 Å². The number of nitrogens with one attached hydrogen (secondary N) is 2. The molecular weight excluding hydrogens is 235 g/mol. The molecule has 2 amide bonds. The molecule has 0 aromatic carbocycles. The summed E-state index contributed by atoms with van der Waals surface area (Å²) in [6.07, 6.45) is -2.31. The molecule has 0 aromatic heterocycles. The number of urea groups is 1. The van der Waals surface area contributed by atoms with Crippen LogP contribution in [0.25, 0.3) is 0 Å². The molecule has 7 heteroatoms. The molecule has 1 unspecified atom stereocenters. The SMILES string of the molecule is CN(CC1CCCNC1)C(=O)NCC(F)(F)F. The van der Waals surface area contributed by atoms with Crippen molar-refractivity contribution in [3.63, 3.8) is 0 Å². The number of rotatable bonds is 3. The van der Waals surface area contributed by atoms with Crippen molar-refractivity contribution in [3.8, 4) is 0 Å². The zero-order valence-electron chi connectivity index (χ0n) is 9.81. The van der Waals surface area contributed by atoms with Crippen LogP contribution in [0, 0.1) is 5.92 Å². The van der Waals surface area contributed by atoms with Crippen molar-refractivity contribution in [2.45, 2.75) is 19.0 Å². The van der Waals surface area contributed by atoms with Gasteiger partial charge in [-0.25, -0.2) is 4.79 Å². The Morgan fingerprint density at radius 1 is 1.53 bits per heavy atom. The van der Waals surface area contributed by atoms with E-state index in [1.165, 1.54) is 11.9 Å². The van der Waals surface area contributed by atoms with Gasteiger partial charge < -0.3 is 15.5 Å². The zero-order chi connectivity index (χ0) is 12.9. The predicted octanol–water partition coefficient (Wildman–Crippen LogP) is 1.19. The molecular formula is C10H18F3N3O. The average molecular weight is 253 g/mol. The van der Waals surface area contributed by atoms with E-state index >= 15 is 0 Å². The first-order chi connectivity index (χ1) is 7.88. The minimum atomic E-state index is -4.36. The molecule has 0 spiro atoms. The fraction of sp³-hybridized carbons (Fsp3) is 0.900. The third kappa shape index (κ3) is 5.76. The molecule has 4 nitrogen and oxygen atoms in total. The number of amides is 2. The first-order valence-electron chi connectivity index (χ1n) is 5.65. The fourth-order valence-corrected chi connectivity index (χ4v) is 1.86. The molecule has 1 heterocycles. The summed E-state index contributed by atoms with van der Waals surface area (Å²) in [5.74, 6) is 0.324. The number of alkyl halides is 3. The standard InChI is InChI=1S/C10H18F3N3O/c1-16(6-8-3-2-4-14-5-8)9(17)15-7-10(11,12)13/h8,14H,2-7H2,1H3,(H,15,17). The van der Waals surface area contributed by atoms with E-state index in [0.717, 1.165) is 25.9 Å². The summed E-state index contributed by atoms with van der Waals surface area (Å²) in [5, 5.41) is 5.05. The van der Waals surface area contributed by atoms with E-state index in [-0.39, 0.29) is 0 Å². The van der Waals surface area contributed by atoms with Gasteiger partial charge >= 0.3 is 12.2 Å². The highest BCUT2D eigenvalue weighted by Gasteiger charge is 2.28. The minimum Gasteiger partial charge on any atom is -0.329 e. The van der Waals surface area contributed by atoms with E-state index < -0.39 is 18.8 Å². The largest absolute Gasteiger partial charge is 0.405 e. The van der Waals surface area contributed by atoms with Crippen LogP contribution in [0.4, 0.5) is 18.0 Å². The van der Waals surface area contributed by atoms with Gasteiger partial charge in [0.25, 0.3) is 0 Å². The summed E-state index contributed by atoms with van der Waals surface area (Å²) in [4.78, 5) is 12.7. The van der Waals surface area contributed by atoms with Crippen molar-refractivity contribution < 1.29 is 18.0 Å². The molecule has 1 rings (SSSR count). The predicted molar refractivity (Wildman–Crippen MR) is 57.7 cm³/mol. The molecule has 17 heavy (non-hydrogen) atoms. The second kappa shape index (κ2) is 6.09. The topological polar surface area (TPSA) is 44.4 Å². The second-order valence-corrected chi connectivity index (χ2v) is 4.37. The number of carbonyl (C=O) groups excluding carboxylic acids is 1. The van der Waals surface area contributed by atoms with Crippen LogP contribution in [0.3, 0.4) is 0 Å². The van der Waals surface area contributed by atoms with Crippen LogP contribution in [0.2, 0.25) is 0 Å². The van der Waals surface area contributed by atoms with E-state index in [4.69, 9.17) is 0 Å². The molecule has 0 bridgehead atoms. The van der Waals surface area contributed by atoms with E-state index in [1.54, 1.807) is 0 Å². The molecule has 0 aliphatic carbocycles. The summed E-state index contributed by atoms with van der Waals surface area (Å²) in [6.45, 7) is 0.993. The summed E-state index contributed by atoms with van der Waals surface area (Å²) in [6, 6.07) is -0.673. The highest BCUT2D eigenvalue weighted by atomic mass is 19.4. The van der Waals surface area contributed by atoms with E-state index in [1.807, 2.05) is 5.32 Å². The summed E-state index contributed by atoms with van der Waals surface area (Å²) in [5.41, 5.74) is 0. The summed E-state index contributed by atoms with van der Waals surface area (Å²) in [7, 11) is 1.51. The van der Waals surface area contributed by atoms with Gasteiger partial charge in [-0.3, -0.25) is 0 Å². The quantitative estimate of drug-likeness (QED) is 0.793. The first kappa shape index (κ1) is 14.1. The van der Waals surface area contributed by atoms with Crippen molar-refractivity contribution in [3.05, 3.63) is 0 Å². The number of hydrogen-bond donors (Lipinski definition) is 2. The fourth-order valence-electron chi connectivity index (χ4n) is 1.86. The number of halogens is 3. The number of nitrogens with zero attached hydrogens (tertiary/aromatic N) is 1. The zero-order valence-corrected chi connectivity index (χ0v) is 9.81. The van der Waals surface area contributed by atoms with Crippen molar-refractivity contribution in [1.82, 2.24) is 15.5 Å². The number of piperidine rings is 1. The molecule has 1 aliphatic heterocycles. The average Bonchev–Trinajstić information content (AvgIpc) is 2.26. The third-order valence-electron chi connectivity index (χ3n) is 2.72.